The van der Waals surface area contributed by atoms with Gasteiger partial charge in [0.05, 0.1) is 29.2 Å². The first-order chi connectivity index (χ1) is 15.6. The Bertz CT molecular complexity index is 1530. The van der Waals surface area contributed by atoms with Gasteiger partial charge in [-0.05, 0) is 31.8 Å². The maximum absolute atomic E-state index is 13.1. The van der Waals surface area contributed by atoms with Gasteiger partial charge in [-0.2, -0.15) is 0 Å². The molecule has 0 saturated carbocycles. The number of benzene rings is 3. The first-order valence-corrected chi connectivity index (χ1v) is 11.0. The Labute approximate surface area is 185 Å². The fraction of sp³-hybridized carbons (Fsp3) is 0.269. The summed E-state index contributed by atoms with van der Waals surface area (Å²) in [6.07, 6.45) is 0.0190. The van der Waals surface area contributed by atoms with Crippen LogP contribution in [-0.2, 0) is 17.8 Å². The lowest BCUT2D eigenvalue weighted by Crippen LogP contribution is -2.31. The quantitative estimate of drug-likeness (QED) is 0.442. The molecule has 1 aliphatic heterocycles. The molecule has 162 valence electrons. The van der Waals surface area contributed by atoms with E-state index in [4.69, 9.17) is 4.74 Å². The van der Waals surface area contributed by atoms with Crippen LogP contribution >= 0.6 is 0 Å². The molecule has 1 unspecified atom stereocenters. The number of aromatic amines is 1. The van der Waals surface area contributed by atoms with Crippen molar-refractivity contribution >= 4 is 49.5 Å². The molecule has 0 bridgehead atoms. The predicted molar refractivity (Wildman–Crippen MR) is 129 cm³/mol. The Balaban J connectivity index is 1.79. The summed E-state index contributed by atoms with van der Waals surface area (Å²) in [5.74, 6) is 0.0108. The Hall–Kier alpha value is -3.35. The van der Waals surface area contributed by atoms with Crippen LogP contribution in [-0.4, -0.2) is 54.2 Å². The number of likely N-dealkylation sites (N-methyl/N-ethyl adjacent to an activating group) is 1. The van der Waals surface area contributed by atoms with Crippen molar-refractivity contribution in [1.82, 2.24) is 19.8 Å². The second kappa shape index (κ2) is 7.08. The Kier molecular flexibility index (Phi) is 4.28. The van der Waals surface area contributed by atoms with Gasteiger partial charge in [-0.3, -0.25) is 4.79 Å². The van der Waals surface area contributed by atoms with Gasteiger partial charge in [0.15, 0.2) is 0 Å². The number of H-pyrrole nitrogens is 1. The summed E-state index contributed by atoms with van der Waals surface area (Å²) in [6, 6.07) is 16.7. The Morgan fingerprint density at radius 3 is 2.59 bits per heavy atom. The van der Waals surface area contributed by atoms with Gasteiger partial charge in [-0.1, -0.05) is 36.4 Å². The number of amides is 1. The van der Waals surface area contributed by atoms with Gasteiger partial charge in [0.1, 0.15) is 0 Å². The van der Waals surface area contributed by atoms with Crippen molar-refractivity contribution in [2.45, 2.75) is 19.2 Å². The lowest BCUT2D eigenvalue weighted by atomic mass is 9.97. The molecule has 0 spiro atoms. The number of fused-ring (bicyclic) bond motifs is 10. The van der Waals surface area contributed by atoms with E-state index in [2.05, 4.69) is 70.3 Å². The highest BCUT2D eigenvalue weighted by Gasteiger charge is 2.31. The maximum atomic E-state index is 13.1. The molecule has 6 rings (SSSR count). The molecule has 3 aromatic carbocycles. The highest BCUT2D eigenvalue weighted by atomic mass is 16.5. The number of carbonyl (C=O) groups excluding carboxylic acids is 1. The van der Waals surface area contributed by atoms with E-state index in [1.165, 1.54) is 0 Å². The molecule has 0 saturated heterocycles. The molecule has 6 nitrogen and oxygen atoms in total. The van der Waals surface area contributed by atoms with Crippen LogP contribution in [0.15, 0.2) is 48.5 Å². The average Bonchev–Trinajstić information content (AvgIpc) is 3.45. The predicted octanol–water partition coefficient (Wildman–Crippen LogP) is 4.25. The van der Waals surface area contributed by atoms with Crippen molar-refractivity contribution in [2.75, 3.05) is 27.7 Å². The first kappa shape index (κ1) is 19.3. The van der Waals surface area contributed by atoms with E-state index >= 15 is 0 Å². The van der Waals surface area contributed by atoms with Crippen molar-refractivity contribution in [3.05, 3.63) is 59.7 Å². The van der Waals surface area contributed by atoms with Crippen molar-refractivity contribution in [2.24, 2.45) is 0 Å². The summed E-state index contributed by atoms with van der Waals surface area (Å²) >= 11 is 0. The number of carbonyl (C=O) groups is 1. The molecule has 32 heavy (non-hydrogen) atoms. The lowest BCUT2D eigenvalue weighted by Gasteiger charge is -2.21. The number of aromatic nitrogens is 2. The second-order valence-corrected chi connectivity index (χ2v) is 8.93. The zero-order valence-electron chi connectivity index (χ0n) is 18.5. The smallest absolute Gasteiger partial charge is 0.252 e. The van der Waals surface area contributed by atoms with Crippen LogP contribution in [0, 0.1) is 0 Å². The fourth-order valence-electron chi connectivity index (χ4n) is 5.42. The van der Waals surface area contributed by atoms with Gasteiger partial charge in [0, 0.05) is 52.8 Å². The van der Waals surface area contributed by atoms with Crippen molar-refractivity contribution in [3.63, 3.8) is 0 Å². The van der Waals surface area contributed by atoms with Crippen molar-refractivity contribution in [3.8, 4) is 0 Å². The highest BCUT2D eigenvalue weighted by Crippen LogP contribution is 2.43. The fourth-order valence-corrected chi connectivity index (χ4v) is 5.42. The molecule has 1 atom stereocenters. The molecule has 0 aliphatic carbocycles. The van der Waals surface area contributed by atoms with Gasteiger partial charge in [-0.25, -0.2) is 0 Å². The summed E-state index contributed by atoms with van der Waals surface area (Å²) in [4.78, 5) is 18.9. The minimum Gasteiger partial charge on any atom is -0.378 e. The number of para-hydroxylation sites is 2. The van der Waals surface area contributed by atoms with Crippen LogP contribution < -0.4 is 5.32 Å². The van der Waals surface area contributed by atoms with Crippen molar-refractivity contribution < 1.29 is 9.53 Å². The zero-order chi connectivity index (χ0) is 22.0. The molecule has 2 aromatic heterocycles. The third-order valence-corrected chi connectivity index (χ3v) is 6.71. The van der Waals surface area contributed by atoms with Gasteiger partial charge >= 0.3 is 0 Å². The van der Waals surface area contributed by atoms with E-state index in [9.17, 15) is 4.79 Å². The summed E-state index contributed by atoms with van der Waals surface area (Å²) in [7, 11) is 5.89. The standard InChI is InChI=1S/C26H26N4O2/c1-29(2)13-15(32-3)14-30-20-11-7-5-9-17(20)22-23-18(12-27-26(23)31)21-16-8-4-6-10-19(16)28-24(21)25(22)30/h4-11,15,28H,12-14H2,1-3H3,(H,27,31). The van der Waals surface area contributed by atoms with Crippen LogP contribution in [0.25, 0.3) is 43.6 Å². The van der Waals surface area contributed by atoms with Gasteiger partial charge in [0.2, 0.25) is 0 Å². The molecule has 2 N–H and O–H groups in total. The van der Waals surface area contributed by atoms with Crippen molar-refractivity contribution in [1.29, 1.82) is 0 Å². The van der Waals surface area contributed by atoms with Crippen LogP contribution in [0.3, 0.4) is 0 Å². The van der Waals surface area contributed by atoms with Gasteiger partial charge < -0.3 is 24.5 Å². The van der Waals surface area contributed by atoms with E-state index in [-0.39, 0.29) is 12.0 Å². The molecule has 0 radical (unpaired) electrons. The first-order valence-electron chi connectivity index (χ1n) is 11.0. The van der Waals surface area contributed by atoms with E-state index in [1.807, 2.05) is 12.1 Å². The van der Waals surface area contributed by atoms with E-state index < -0.39 is 0 Å². The molecule has 3 heterocycles. The van der Waals surface area contributed by atoms with Crippen LogP contribution in [0.4, 0.5) is 0 Å². The molecule has 6 heteroatoms. The SMILES string of the molecule is COC(CN(C)C)Cn1c2ccccc2c2c3c(c4c5ccccc5[nH]c4c21)CNC3=O. The third-order valence-electron chi connectivity index (χ3n) is 6.71. The normalized spacial score (nSPS) is 14.8. The molecular formula is C26H26N4O2. The minimum atomic E-state index is 0.0108. The van der Waals surface area contributed by atoms with Crippen LogP contribution in [0.1, 0.15) is 15.9 Å². The van der Waals surface area contributed by atoms with Crippen LogP contribution in [0.2, 0.25) is 0 Å². The van der Waals surface area contributed by atoms with E-state index in [0.717, 1.165) is 61.3 Å². The number of hydrogen-bond donors (Lipinski definition) is 2. The molecule has 1 aliphatic rings. The maximum Gasteiger partial charge on any atom is 0.252 e. The average molecular weight is 427 g/mol. The number of hydrogen-bond acceptors (Lipinski definition) is 3. The third kappa shape index (κ3) is 2.63. The van der Waals surface area contributed by atoms with E-state index in [0.29, 0.717) is 13.1 Å². The largest absolute Gasteiger partial charge is 0.378 e. The molecular weight excluding hydrogens is 400 g/mol. The number of rotatable bonds is 5. The summed E-state index contributed by atoms with van der Waals surface area (Å²) < 4.78 is 8.20. The Morgan fingerprint density at radius 2 is 1.81 bits per heavy atom. The topological polar surface area (TPSA) is 62.3 Å². The molecule has 5 aromatic rings. The second-order valence-electron chi connectivity index (χ2n) is 8.93. The van der Waals surface area contributed by atoms with Gasteiger partial charge in [0.25, 0.3) is 5.91 Å². The number of nitrogens with one attached hydrogen (secondary N) is 2. The number of nitrogens with zero attached hydrogens (tertiary/aromatic N) is 2. The minimum absolute atomic E-state index is 0.0108. The zero-order valence-corrected chi connectivity index (χ0v) is 18.5. The summed E-state index contributed by atoms with van der Waals surface area (Å²) in [6.45, 7) is 2.07. The lowest BCUT2D eigenvalue weighted by molar-refractivity contribution is 0.0669. The monoisotopic (exact) mass is 426 g/mol. The number of ether oxygens (including phenoxy) is 1. The number of methoxy groups -OCH3 is 1. The highest BCUT2D eigenvalue weighted by molar-refractivity contribution is 6.30. The Morgan fingerprint density at radius 1 is 1.06 bits per heavy atom. The van der Waals surface area contributed by atoms with E-state index in [1.54, 1.807) is 7.11 Å². The summed E-state index contributed by atoms with van der Waals surface area (Å²) in [5, 5.41) is 7.52. The van der Waals surface area contributed by atoms with Crippen LogP contribution in [0.5, 0.6) is 0 Å². The summed E-state index contributed by atoms with van der Waals surface area (Å²) in [5.41, 5.74) is 6.28. The molecule has 1 amide bonds. The van der Waals surface area contributed by atoms with Gasteiger partial charge in [-0.15, -0.1) is 0 Å². The molecule has 0 fully saturated rings.